The molecular formula is C11H23N. The molecule has 0 aliphatic carbocycles. The fourth-order valence-electron chi connectivity index (χ4n) is 2.40. The van der Waals surface area contributed by atoms with E-state index < -0.39 is 0 Å². The molecule has 1 rings (SSSR count). The van der Waals surface area contributed by atoms with Gasteiger partial charge in [0.25, 0.3) is 0 Å². The first kappa shape index (κ1) is 10.0. The lowest BCUT2D eigenvalue weighted by atomic mass is 9.75. The number of rotatable bonds is 3. The molecule has 0 aromatic carbocycles. The molecule has 1 saturated heterocycles. The van der Waals surface area contributed by atoms with Gasteiger partial charge in [0, 0.05) is 6.54 Å². The molecule has 1 heterocycles. The van der Waals surface area contributed by atoms with Crippen LogP contribution < -0.4 is 5.32 Å². The van der Waals surface area contributed by atoms with Crippen molar-refractivity contribution in [3.05, 3.63) is 0 Å². The molecule has 2 unspecified atom stereocenters. The minimum absolute atomic E-state index is 0.591. The van der Waals surface area contributed by atoms with Gasteiger partial charge in [-0.3, -0.25) is 0 Å². The van der Waals surface area contributed by atoms with E-state index in [9.17, 15) is 0 Å². The third kappa shape index (κ3) is 2.78. The summed E-state index contributed by atoms with van der Waals surface area (Å²) in [5.74, 6) is 0.876. The van der Waals surface area contributed by atoms with Crippen LogP contribution in [0.3, 0.4) is 0 Å². The van der Waals surface area contributed by atoms with Gasteiger partial charge in [-0.1, -0.05) is 33.6 Å². The van der Waals surface area contributed by atoms with Gasteiger partial charge in [-0.05, 0) is 30.7 Å². The van der Waals surface area contributed by atoms with E-state index in [1.807, 2.05) is 0 Å². The van der Waals surface area contributed by atoms with Crippen LogP contribution in [0.2, 0.25) is 0 Å². The molecule has 1 N–H and O–H groups in total. The van der Waals surface area contributed by atoms with Crippen molar-refractivity contribution in [3.8, 4) is 0 Å². The monoisotopic (exact) mass is 169 g/mol. The van der Waals surface area contributed by atoms with Crippen molar-refractivity contribution < 1.29 is 0 Å². The second-order valence-corrected chi connectivity index (χ2v) is 4.85. The molecular weight excluding hydrogens is 146 g/mol. The van der Waals surface area contributed by atoms with Crippen LogP contribution in [0.1, 0.15) is 46.5 Å². The van der Waals surface area contributed by atoms with Crippen molar-refractivity contribution in [2.24, 2.45) is 11.3 Å². The SMILES string of the molecule is CCCCC1(C)CNCC(C)C1. The summed E-state index contributed by atoms with van der Waals surface area (Å²) < 4.78 is 0. The predicted molar refractivity (Wildman–Crippen MR) is 54.3 cm³/mol. The molecule has 1 nitrogen and oxygen atoms in total. The van der Waals surface area contributed by atoms with Gasteiger partial charge >= 0.3 is 0 Å². The summed E-state index contributed by atoms with van der Waals surface area (Å²) in [6, 6.07) is 0. The number of piperidine rings is 1. The number of unbranched alkanes of at least 4 members (excludes halogenated alkanes) is 1. The van der Waals surface area contributed by atoms with Crippen molar-refractivity contribution in [1.29, 1.82) is 0 Å². The van der Waals surface area contributed by atoms with Gasteiger partial charge in [-0.15, -0.1) is 0 Å². The molecule has 1 heteroatoms. The first-order valence-corrected chi connectivity index (χ1v) is 5.37. The fraction of sp³-hybridized carbons (Fsp3) is 1.00. The topological polar surface area (TPSA) is 12.0 Å². The highest BCUT2D eigenvalue weighted by Gasteiger charge is 2.29. The molecule has 0 saturated carbocycles. The maximum atomic E-state index is 3.53. The molecule has 0 aromatic rings. The quantitative estimate of drug-likeness (QED) is 0.685. The van der Waals surface area contributed by atoms with E-state index in [0.717, 1.165) is 5.92 Å². The first-order valence-electron chi connectivity index (χ1n) is 5.37. The number of nitrogens with one attached hydrogen (secondary N) is 1. The van der Waals surface area contributed by atoms with Crippen molar-refractivity contribution in [1.82, 2.24) is 5.32 Å². The molecule has 0 spiro atoms. The summed E-state index contributed by atoms with van der Waals surface area (Å²) in [5.41, 5.74) is 0.591. The zero-order valence-corrected chi connectivity index (χ0v) is 8.82. The third-order valence-electron chi connectivity index (χ3n) is 3.02. The van der Waals surface area contributed by atoms with Gasteiger partial charge in [-0.25, -0.2) is 0 Å². The highest BCUT2D eigenvalue weighted by atomic mass is 14.9. The van der Waals surface area contributed by atoms with E-state index in [1.165, 1.54) is 38.8 Å². The average Bonchev–Trinajstić information content (AvgIpc) is 2.01. The summed E-state index contributed by atoms with van der Waals surface area (Å²) in [6.45, 7) is 9.53. The van der Waals surface area contributed by atoms with Crippen molar-refractivity contribution in [3.63, 3.8) is 0 Å². The Balaban J connectivity index is 2.35. The van der Waals surface area contributed by atoms with Crippen LogP contribution in [0.25, 0.3) is 0 Å². The Morgan fingerprint density at radius 2 is 2.25 bits per heavy atom. The van der Waals surface area contributed by atoms with Crippen LogP contribution in [0.5, 0.6) is 0 Å². The zero-order chi connectivity index (χ0) is 9.03. The Bertz CT molecular complexity index is 133. The van der Waals surface area contributed by atoms with Crippen molar-refractivity contribution >= 4 is 0 Å². The van der Waals surface area contributed by atoms with Crippen molar-refractivity contribution in [2.45, 2.75) is 46.5 Å². The van der Waals surface area contributed by atoms with Crippen molar-refractivity contribution in [2.75, 3.05) is 13.1 Å². The minimum Gasteiger partial charge on any atom is -0.316 e. The fourth-order valence-corrected chi connectivity index (χ4v) is 2.40. The zero-order valence-electron chi connectivity index (χ0n) is 8.82. The first-order chi connectivity index (χ1) is 5.66. The lowest BCUT2D eigenvalue weighted by molar-refractivity contribution is 0.170. The maximum absolute atomic E-state index is 3.53. The second-order valence-electron chi connectivity index (χ2n) is 4.85. The van der Waals surface area contributed by atoms with Gasteiger partial charge < -0.3 is 5.32 Å². The van der Waals surface area contributed by atoms with Gasteiger partial charge in [0.15, 0.2) is 0 Å². The standard InChI is InChI=1S/C11H23N/c1-4-5-6-11(3)7-10(2)8-12-9-11/h10,12H,4-9H2,1-3H3. The van der Waals surface area contributed by atoms with E-state index in [2.05, 4.69) is 26.1 Å². The van der Waals surface area contributed by atoms with Gasteiger partial charge in [-0.2, -0.15) is 0 Å². The van der Waals surface area contributed by atoms with E-state index in [0.29, 0.717) is 5.41 Å². The highest BCUT2D eigenvalue weighted by Crippen LogP contribution is 2.33. The molecule has 1 aliphatic rings. The Labute approximate surface area is 76.9 Å². The summed E-state index contributed by atoms with van der Waals surface area (Å²) >= 11 is 0. The summed E-state index contributed by atoms with van der Waals surface area (Å²) in [7, 11) is 0. The van der Waals surface area contributed by atoms with Crippen LogP contribution in [0.15, 0.2) is 0 Å². The maximum Gasteiger partial charge on any atom is 0.000538 e. The van der Waals surface area contributed by atoms with Gasteiger partial charge in [0.2, 0.25) is 0 Å². The van der Waals surface area contributed by atoms with Crippen LogP contribution in [-0.4, -0.2) is 13.1 Å². The molecule has 1 aliphatic heterocycles. The van der Waals surface area contributed by atoms with E-state index in [4.69, 9.17) is 0 Å². The van der Waals surface area contributed by atoms with Crippen LogP contribution in [0, 0.1) is 11.3 Å². The van der Waals surface area contributed by atoms with Gasteiger partial charge in [0.05, 0.1) is 0 Å². The van der Waals surface area contributed by atoms with Gasteiger partial charge in [0.1, 0.15) is 0 Å². The number of hydrogen-bond acceptors (Lipinski definition) is 1. The summed E-state index contributed by atoms with van der Waals surface area (Å²) in [5, 5.41) is 3.53. The van der Waals surface area contributed by atoms with E-state index in [-0.39, 0.29) is 0 Å². The predicted octanol–water partition coefficient (Wildman–Crippen LogP) is 2.81. The minimum atomic E-state index is 0.591. The second kappa shape index (κ2) is 4.27. The summed E-state index contributed by atoms with van der Waals surface area (Å²) in [4.78, 5) is 0. The molecule has 0 bridgehead atoms. The molecule has 2 atom stereocenters. The molecule has 12 heavy (non-hydrogen) atoms. The normalized spacial score (nSPS) is 36.8. The Hall–Kier alpha value is -0.0400. The molecule has 0 radical (unpaired) electrons. The summed E-state index contributed by atoms with van der Waals surface area (Å²) in [6.07, 6.45) is 5.55. The largest absolute Gasteiger partial charge is 0.316 e. The molecule has 72 valence electrons. The molecule has 1 fully saturated rings. The smallest absolute Gasteiger partial charge is 0.000538 e. The van der Waals surface area contributed by atoms with Crippen LogP contribution >= 0.6 is 0 Å². The third-order valence-corrected chi connectivity index (χ3v) is 3.02. The van der Waals surface area contributed by atoms with Crippen LogP contribution in [0.4, 0.5) is 0 Å². The lowest BCUT2D eigenvalue weighted by Gasteiger charge is -2.37. The molecule has 0 amide bonds. The Morgan fingerprint density at radius 1 is 1.50 bits per heavy atom. The Kier molecular flexibility index (Phi) is 3.57. The highest BCUT2D eigenvalue weighted by molar-refractivity contribution is 4.83. The average molecular weight is 169 g/mol. The lowest BCUT2D eigenvalue weighted by Crippen LogP contribution is -2.41. The number of hydrogen-bond donors (Lipinski definition) is 1. The van der Waals surface area contributed by atoms with Crippen LogP contribution in [-0.2, 0) is 0 Å². The Morgan fingerprint density at radius 3 is 2.83 bits per heavy atom. The molecule has 0 aromatic heterocycles. The van der Waals surface area contributed by atoms with E-state index in [1.54, 1.807) is 0 Å². The van der Waals surface area contributed by atoms with E-state index >= 15 is 0 Å².